The van der Waals surface area contributed by atoms with E-state index in [1.807, 2.05) is 12.1 Å². The molecule has 1 heterocycles. The molecule has 0 radical (unpaired) electrons. The fraction of sp³-hybridized carbons (Fsp3) is 0.200. The van der Waals surface area contributed by atoms with Crippen LogP contribution in [0.15, 0.2) is 53.1 Å². The Bertz CT molecular complexity index is 985. The molecule has 0 bridgehead atoms. The van der Waals surface area contributed by atoms with Gasteiger partial charge in [0, 0.05) is 17.5 Å². The zero-order valence-electron chi connectivity index (χ0n) is 14.0. The van der Waals surface area contributed by atoms with Crippen molar-refractivity contribution in [3.63, 3.8) is 0 Å². The molecule has 4 nitrogen and oxygen atoms in total. The summed E-state index contributed by atoms with van der Waals surface area (Å²) in [6.07, 6.45) is 0.707. The van der Waals surface area contributed by atoms with Crippen molar-refractivity contribution in [2.45, 2.75) is 25.3 Å². The summed E-state index contributed by atoms with van der Waals surface area (Å²) in [6, 6.07) is 13.7. The molecular formula is C20H16ClFN2O2. The molecular weight excluding hydrogens is 355 g/mol. The zero-order chi connectivity index (χ0) is 18.3. The van der Waals surface area contributed by atoms with Gasteiger partial charge in [-0.15, -0.1) is 0 Å². The van der Waals surface area contributed by atoms with E-state index in [-0.39, 0.29) is 23.7 Å². The second kappa shape index (κ2) is 6.57. The molecule has 1 fully saturated rings. The maximum atomic E-state index is 13.9. The van der Waals surface area contributed by atoms with Crippen LogP contribution in [0.2, 0.25) is 5.02 Å². The molecule has 1 aliphatic rings. The molecule has 132 valence electrons. The minimum atomic E-state index is -0.289. The van der Waals surface area contributed by atoms with Gasteiger partial charge in [-0.05, 0) is 31.0 Å². The third kappa shape index (κ3) is 2.99. The average molecular weight is 371 g/mol. The van der Waals surface area contributed by atoms with E-state index in [9.17, 15) is 9.18 Å². The minimum Gasteiger partial charge on any atom is -0.360 e. The van der Waals surface area contributed by atoms with Gasteiger partial charge in [-0.3, -0.25) is 4.79 Å². The topological polar surface area (TPSA) is 55.1 Å². The lowest BCUT2D eigenvalue weighted by Crippen LogP contribution is -2.27. The first-order chi connectivity index (χ1) is 12.6. The predicted octanol–water partition coefficient (Wildman–Crippen LogP) is 4.73. The van der Waals surface area contributed by atoms with Crippen LogP contribution in [0, 0.1) is 12.7 Å². The second-order valence-electron chi connectivity index (χ2n) is 6.39. The molecule has 0 aliphatic heterocycles. The predicted molar refractivity (Wildman–Crippen MR) is 96.7 cm³/mol. The van der Waals surface area contributed by atoms with E-state index in [0.717, 1.165) is 0 Å². The number of nitrogens with one attached hydrogen (secondary N) is 1. The molecule has 1 saturated carbocycles. The average Bonchev–Trinajstić information content (AvgIpc) is 3.27. The first kappa shape index (κ1) is 16.8. The SMILES string of the molecule is Cc1onc(-c2ccccc2Cl)c1C(=O)NC1CC1c1ccccc1F. The molecule has 6 heteroatoms. The molecule has 4 rings (SSSR count). The van der Waals surface area contributed by atoms with Gasteiger partial charge in [0.05, 0.1) is 5.02 Å². The van der Waals surface area contributed by atoms with Crippen molar-refractivity contribution >= 4 is 17.5 Å². The maximum absolute atomic E-state index is 13.9. The third-order valence-electron chi connectivity index (χ3n) is 4.63. The van der Waals surface area contributed by atoms with E-state index in [4.69, 9.17) is 16.1 Å². The minimum absolute atomic E-state index is 0.0101. The summed E-state index contributed by atoms with van der Waals surface area (Å²) in [7, 11) is 0. The van der Waals surface area contributed by atoms with Crippen molar-refractivity contribution < 1.29 is 13.7 Å². The van der Waals surface area contributed by atoms with Crippen LogP contribution in [0.25, 0.3) is 11.3 Å². The van der Waals surface area contributed by atoms with E-state index < -0.39 is 0 Å². The molecule has 26 heavy (non-hydrogen) atoms. The number of carbonyl (C=O) groups is 1. The van der Waals surface area contributed by atoms with Gasteiger partial charge in [-0.25, -0.2) is 4.39 Å². The highest BCUT2D eigenvalue weighted by atomic mass is 35.5. The van der Waals surface area contributed by atoms with Gasteiger partial charge < -0.3 is 9.84 Å². The molecule has 1 aromatic heterocycles. The molecule has 1 N–H and O–H groups in total. The number of amides is 1. The first-order valence-electron chi connectivity index (χ1n) is 8.32. The van der Waals surface area contributed by atoms with Crippen molar-refractivity contribution in [2.24, 2.45) is 0 Å². The summed E-state index contributed by atoms with van der Waals surface area (Å²) in [5, 5.41) is 7.45. The summed E-state index contributed by atoms with van der Waals surface area (Å²) >= 11 is 6.23. The number of aromatic nitrogens is 1. The Morgan fingerprint density at radius 3 is 2.73 bits per heavy atom. The highest BCUT2D eigenvalue weighted by molar-refractivity contribution is 6.33. The highest BCUT2D eigenvalue weighted by Crippen LogP contribution is 2.42. The fourth-order valence-electron chi connectivity index (χ4n) is 3.19. The smallest absolute Gasteiger partial charge is 0.257 e. The quantitative estimate of drug-likeness (QED) is 0.722. The lowest BCUT2D eigenvalue weighted by Gasteiger charge is -2.07. The molecule has 0 spiro atoms. The van der Waals surface area contributed by atoms with Crippen molar-refractivity contribution in [3.05, 3.63) is 76.3 Å². The van der Waals surface area contributed by atoms with Crippen molar-refractivity contribution in [3.8, 4) is 11.3 Å². The second-order valence-corrected chi connectivity index (χ2v) is 6.79. The van der Waals surface area contributed by atoms with Gasteiger partial charge in [0.25, 0.3) is 5.91 Å². The number of nitrogens with zero attached hydrogens (tertiary/aromatic N) is 1. The maximum Gasteiger partial charge on any atom is 0.257 e. The molecule has 1 amide bonds. The van der Waals surface area contributed by atoms with E-state index in [1.165, 1.54) is 6.07 Å². The number of rotatable bonds is 4. The summed E-state index contributed by atoms with van der Waals surface area (Å²) in [5.41, 5.74) is 2.04. The third-order valence-corrected chi connectivity index (χ3v) is 4.96. The molecule has 1 aliphatic carbocycles. The summed E-state index contributed by atoms with van der Waals surface area (Å²) in [5.74, 6) is -0.126. The molecule has 2 unspecified atom stereocenters. The van der Waals surface area contributed by atoms with Crippen LogP contribution in [0.5, 0.6) is 0 Å². The lowest BCUT2D eigenvalue weighted by atomic mass is 10.1. The van der Waals surface area contributed by atoms with E-state index >= 15 is 0 Å². The summed E-state index contributed by atoms with van der Waals surface area (Å²) < 4.78 is 19.1. The Morgan fingerprint density at radius 2 is 1.96 bits per heavy atom. The molecule has 2 atom stereocenters. The molecule has 0 saturated heterocycles. The fourth-order valence-corrected chi connectivity index (χ4v) is 3.42. The van der Waals surface area contributed by atoms with E-state index in [2.05, 4.69) is 10.5 Å². The van der Waals surface area contributed by atoms with Crippen LogP contribution in [-0.2, 0) is 0 Å². The van der Waals surface area contributed by atoms with Gasteiger partial charge in [0.15, 0.2) is 0 Å². The number of hydrogen-bond acceptors (Lipinski definition) is 3. The van der Waals surface area contributed by atoms with Crippen molar-refractivity contribution in [1.29, 1.82) is 0 Å². The lowest BCUT2D eigenvalue weighted by molar-refractivity contribution is 0.0949. The Morgan fingerprint density at radius 1 is 1.23 bits per heavy atom. The molecule has 2 aromatic carbocycles. The van der Waals surface area contributed by atoms with Crippen LogP contribution in [0.3, 0.4) is 0 Å². The number of carbonyl (C=O) groups excluding carboxylic acids is 1. The monoisotopic (exact) mass is 370 g/mol. The van der Waals surface area contributed by atoms with Gasteiger partial charge in [-0.1, -0.05) is 53.2 Å². The Labute approximate surface area is 155 Å². The number of halogens is 2. The zero-order valence-corrected chi connectivity index (χ0v) is 14.8. The Hall–Kier alpha value is -2.66. The van der Waals surface area contributed by atoms with Gasteiger partial charge in [0.1, 0.15) is 22.8 Å². The largest absolute Gasteiger partial charge is 0.360 e. The van der Waals surface area contributed by atoms with Crippen LogP contribution in [0.1, 0.15) is 34.0 Å². The Balaban J connectivity index is 1.56. The summed E-state index contributed by atoms with van der Waals surface area (Å²) in [6.45, 7) is 1.68. The van der Waals surface area contributed by atoms with Crippen LogP contribution >= 0.6 is 11.6 Å². The van der Waals surface area contributed by atoms with Crippen molar-refractivity contribution in [1.82, 2.24) is 10.5 Å². The van der Waals surface area contributed by atoms with Gasteiger partial charge >= 0.3 is 0 Å². The normalized spacial score (nSPS) is 18.6. The first-order valence-corrected chi connectivity index (χ1v) is 8.70. The van der Waals surface area contributed by atoms with E-state index in [1.54, 1.807) is 37.3 Å². The summed E-state index contributed by atoms with van der Waals surface area (Å²) in [4.78, 5) is 12.8. The number of hydrogen-bond donors (Lipinski definition) is 1. The number of benzene rings is 2. The van der Waals surface area contributed by atoms with Gasteiger partial charge in [0.2, 0.25) is 0 Å². The van der Waals surface area contributed by atoms with Crippen LogP contribution < -0.4 is 5.32 Å². The standard InChI is InChI=1S/C20H16ClFN2O2/c1-11-18(19(24-26-11)13-7-2-4-8-15(13)21)20(25)23-17-10-14(17)12-6-3-5-9-16(12)22/h2-9,14,17H,10H2,1H3,(H,23,25). The molecule has 3 aromatic rings. The highest BCUT2D eigenvalue weighted by Gasteiger charge is 2.41. The van der Waals surface area contributed by atoms with E-state index in [0.29, 0.717) is 39.6 Å². The van der Waals surface area contributed by atoms with Gasteiger partial charge in [-0.2, -0.15) is 0 Å². The Kier molecular flexibility index (Phi) is 4.24. The van der Waals surface area contributed by atoms with Crippen LogP contribution in [0.4, 0.5) is 4.39 Å². The number of aryl methyl sites for hydroxylation is 1. The van der Waals surface area contributed by atoms with Crippen molar-refractivity contribution in [2.75, 3.05) is 0 Å². The van der Waals surface area contributed by atoms with Crippen LogP contribution in [-0.4, -0.2) is 17.1 Å².